The first-order chi connectivity index (χ1) is 9.24. The summed E-state index contributed by atoms with van der Waals surface area (Å²) in [4.78, 5) is 3.93. The summed E-state index contributed by atoms with van der Waals surface area (Å²) in [6.45, 7) is 7.75. The van der Waals surface area contributed by atoms with Gasteiger partial charge in [0.2, 0.25) is 0 Å². The lowest BCUT2D eigenvalue weighted by Gasteiger charge is -2.35. The van der Waals surface area contributed by atoms with Gasteiger partial charge >= 0.3 is 0 Å². The molecule has 1 aromatic rings. The summed E-state index contributed by atoms with van der Waals surface area (Å²) < 4.78 is 5.76. The van der Waals surface area contributed by atoms with Crippen LogP contribution in [0.4, 0.5) is 0 Å². The van der Waals surface area contributed by atoms with E-state index in [0.29, 0.717) is 12.2 Å². The number of morpholine rings is 1. The second kappa shape index (κ2) is 9.67. The van der Waals surface area contributed by atoms with Crippen LogP contribution in [0.25, 0.3) is 0 Å². The third-order valence-electron chi connectivity index (χ3n) is 3.38. The van der Waals surface area contributed by atoms with Gasteiger partial charge in [0.25, 0.3) is 0 Å². The van der Waals surface area contributed by atoms with Crippen molar-refractivity contribution in [2.45, 2.75) is 43.8 Å². The van der Waals surface area contributed by atoms with Gasteiger partial charge in [-0.25, -0.2) is 0 Å². The Labute approximate surface area is 133 Å². The van der Waals surface area contributed by atoms with Crippen LogP contribution in [-0.2, 0) is 4.74 Å². The summed E-state index contributed by atoms with van der Waals surface area (Å²) in [6.07, 6.45) is 3.36. The van der Waals surface area contributed by atoms with Crippen molar-refractivity contribution in [3.05, 3.63) is 30.3 Å². The standard InChI is InChI=1S/C16H25NOS.ClH/c1-14-12-17(13-15(2)18-14)10-6-7-11-19-16-8-4-3-5-9-16;/h3-5,8-9,14-15H,6-7,10-13H2,1-2H3;1H/p-1. The van der Waals surface area contributed by atoms with Crippen molar-refractivity contribution in [2.24, 2.45) is 0 Å². The molecule has 2 unspecified atom stereocenters. The normalized spacial score (nSPS) is 23.3. The second-order valence-corrected chi connectivity index (χ2v) is 6.55. The van der Waals surface area contributed by atoms with Crippen LogP contribution in [-0.4, -0.2) is 42.5 Å². The van der Waals surface area contributed by atoms with Crippen molar-refractivity contribution < 1.29 is 17.1 Å². The Morgan fingerprint density at radius 2 is 1.75 bits per heavy atom. The smallest absolute Gasteiger partial charge is 0.0678 e. The molecule has 114 valence electrons. The third kappa shape index (κ3) is 6.49. The molecular formula is C16H25ClNOS-. The number of hydrogen-bond acceptors (Lipinski definition) is 3. The van der Waals surface area contributed by atoms with E-state index in [1.54, 1.807) is 0 Å². The number of benzene rings is 1. The fourth-order valence-corrected chi connectivity index (χ4v) is 3.54. The molecule has 1 fully saturated rings. The molecule has 0 aromatic heterocycles. The molecule has 0 saturated carbocycles. The molecule has 0 bridgehead atoms. The maximum absolute atomic E-state index is 5.76. The van der Waals surface area contributed by atoms with Crippen LogP contribution >= 0.6 is 11.8 Å². The second-order valence-electron chi connectivity index (χ2n) is 5.39. The average molecular weight is 315 g/mol. The van der Waals surface area contributed by atoms with Crippen LogP contribution in [0.2, 0.25) is 0 Å². The quantitative estimate of drug-likeness (QED) is 0.566. The Bertz CT molecular complexity index is 353. The Balaban J connectivity index is 0.00000200. The van der Waals surface area contributed by atoms with Crippen molar-refractivity contribution in [2.75, 3.05) is 25.4 Å². The zero-order valence-electron chi connectivity index (χ0n) is 12.4. The van der Waals surface area contributed by atoms with E-state index in [-0.39, 0.29) is 12.4 Å². The predicted molar refractivity (Wildman–Crippen MR) is 82.8 cm³/mol. The first-order valence-electron chi connectivity index (χ1n) is 7.29. The van der Waals surface area contributed by atoms with E-state index in [9.17, 15) is 0 Å². The van der Waals surface area contributed by atoms with Gasteiger partial charge in [-0.15, -0.1) is 11.8 Å². The van der Waals surface area contributed by atoms with E-state index in [0.717, 1.165) is 13.1 Å². The van der Waals surface area contributed by atoms with Crippen LogP contribution in [0.1, 0.15) is 26.7 Å². The lowest BCUT2D eigenvalue weighted by molar-refractivity contribution is -0.0680. The van der Waals surface area contributed by atoms with E-state index >= 15 is 0 Å². The van der Waals surface area contributed by atoms with Gasteiger partial charge in [0.1, 0.15) is 0 Å². The fraction of sp³-hybridized carbons (Fsp3) is 0.625. The van der Waals surface area contributed by atoms with Gasteiger partial charge in [0.15, 0.2) is 0 Å². The highest BCUT2D eigenvalue weighted by molar-refractivity contribution is 7.99. The molecule has 2 nitrogen and oxygen atoms in total. The number of nitrogens with zero attached hydrogens (tertiary/aromatic N) is 1. The van der Waals surface area contributed by atoms with Gasteiger partial charge in [-0.05, 0) is 51.1 Å². The maximum atomic E-state index is 5.76. The minimum absolute atomic E-state index is 0. The maximum Gasteiger partial charge on any atom is 0.0678 e. The summed E-state index contributed by atoms with van der Waals surface area (Å²) in [5.74, 6) is 1.22. The van der Waals surface area contributed by atoms with Crippen LogP contribution in [0.15, 0.2) is 35.2 Å². The third-order valence-corrected chi connectivity index (χ3v) is 4.47. The number of thioether (sulfide) groups is 1. The van der Waals surface area contributed by atoms with E-state index in [4.69, 9.17) is 4.74 Å². The van der Waals surface area contributed by atoms with Gasteiger partial charge in [-0.2, -0.15) is 0 Å². The Kier molecular flexibility index (Phi) is 8.62. The highest BCUT2D eigenvalue weighted by atomic mass is 35.5. The summed E-state index contributed by atoms with van der Waals surface area (Å²) in [5.41, 5.74) is 0. The molecule has 0 amide bonds. The summed E-state index contributed by atoms with van der Waals surface area (Å²) in [7, 11) is 0. The topological polar surface area (TPSA) is 12.5 Å². The molecule has 1 saturated heterocycles. The highest BCUT2D eigenvalue weighted by Crippen LogP contribution is 2.19. The average Bonchev–Trinajstić information content (AvgIpc) is 2.38. The van der Waals surface area contributed by atoms with E-state index in [1.807, 2.05) is 11.8 Å². The molecular weight excluding hydrogens is 290 g/mol. The van der Waals surface area contributed by atoms with Gasteiger partial charge in [0.05, 0.1) is 12.2 Å². The molecule has 1 heterocycles. The first-order valence-corrected chi connectivity index (χ1v) is 8.28. The van der Waals surface area contributed by atoms with Crippen LogP contribution in [0.5, 0.6) is 0 Å². The van der Waals surface area contributed by atoms with Gasteiger partial charge in [0, 0.05) is 18.0 Å². The fourth-order valence-electron chi connectivity index (χ4n) is 2.61. The molecule has 20 heavy (non-hydrogen) atoms. The van der Waals surface area contributed by atoms with Crippen molar-refractivity contribution in [1.29, 1.82) is 0 Å². The number of unbranched alkanes of at least 4 members (excludes halogenated alkanes) is 1. The number of hydrogen-bond donors (Lipinski definition) is 0. The zero-order valence-corrected chi connectivity index (χ0v) is 14.0. The largest absolute Gasteiger partial charge is 1.00 e. The van der Waals surface area contributed by atoms with Crippen LogP contribution < -0.4 is 12.4 Å². The van der Waals surface area contributed by atoms with Gasteiger partial charge in [-0.1, -0.05) is 18.2 Å². The van der Waals surface area contributed by atoms with Crippen LogP contribution in [0.3, 0.4) is 0 Å². The molecule has 0 N–H and O–H groups in total. The van der Waals surface area contributed by atoms with E-state index in [2.05, 4.69) is 49.1 Å². The molecule has 0 radical (unpaired) electrons. The van der Waals surface area contributed by atoms with E-state index in [1.165, 1.54) is 30.0 Å². The number of rotatable bonds is 6. The molecule has 1 aliphatic heterocycles. The van der Waals surface area contributed by atoms with Crippen molar-refractivity contribution >= 4 is 11.8 Å². The monoisotopic (exact) mass is 314 g/mol. The van der Waals surface area contributed by atoms with Gasteiger partial charge in [-0.3, -0.25) is 4.90 Å². The SMILES string of the molecule is CC1CN(CCCCSc2ccccc2)CC(C)O1.[Cl-]. The minimum atomic E-state index is 0. The summed E-state index contributed by atoms with van der Waals surface area (Å²) in [5, 5.41) is 0. The molecule has 1 aliphatic rings. The number of ether oxygens (including phenoxy) is 1. The van der Waals surface area contributed by atoms with Crippen LogP contribution in [0, 0.1) is 0 Å². The lowest BCUT2D eigenvalue weighted by Crippen LogP contribution is -3.00. The molecule has 4 heteroatoms. The van der Waals surface area contributed by atoms with Crippen molar-refractivity contribution in [3.8, 4) is 0 Å². The molecule has 0 aliphatic carbocycles. The Hall–Kier alpha value is -0.220. The highest BCUT2D eigenvalue weighted by Gasteiger charge is 2.21. The molecule has 2 atom stereocenters. The first kappa shape index (κ1) is 17.8. The van der Waals surface area contributed by atoms with Crippen molar-refractivity contribution in [3.63, 3.8) is 0 Å². The van der Waals surface area contributed by atoms with E-state index < -0.39 is 0 Å². The Morgan fingerprint density at radius 3 is 2.40 bits per heavy atom. The summed E-state index contributed by atoms with van der Waals surface area (Å²) in [6, 6.07) is 10.7. The number of halogens is 1. The minimum Gasteiger partial charge on any atom is -1.00 e. The van der Waals surface area contributed by atoms with Gasteiger partial charge < -0.3 is 17.1 Å². The predicted octanol–water partition coefficient (Wildman–Crippen LogP) is 0.672. The summed E-state index contributed by atoms with van der Waals surface area (Å²) >= 11 is 1.96. The molecule has 2 rings (SSSR count). The zero-order chi connectivity index (χ0) is 13.5. The van der Waals surface area contributed by atoms with Crippen molar-refractivity contribution in [1.82, 2.24) is 4.90 Å². The Morgan fingerprint density at radius 1 is 1.10 bits per heavy atom. The molecule has 1 aromatic carbocycles. The lowest BCUT2D eigenvalue weighted by atomic mass is 10.2. The molecule has 0 spiro atoms.